The van der Waals surface area contributed by atoms with Crippen LogP contribution in [0.3, 0.4) is 0 Å². The molecule has 0 saturated carbocycles. The minimum absolute atomic E-state index is 0.759. The third-order valence-electron chi connectivity index (χ3n) is 2.73. The lowest BCUT2D eigenvalue weighted by Crippen LogP contribution is -1.89. The van der Waals surface area contributed by atoms with Crippen molar-refractivity contribution in [3.63, 3.8) is 0 Å². The van der Waals surface area contributed by atoms with E-state index >= 15 is 0 Å². The topological polar surface area (TPSA) is 50.9 Å². The Hall–Kier alpha value is -2.33. The Bertz CT molecular complexity index is 659. The number of rotatable bonds is 3. The molecule has 94 valence electrons. The molecule has 3 N–H and O–H groups in total. The van der Waals surface area contributed by atoms with Crippen molar-refractivity contribution in [2.24, 2.45) is 0 Å². The van der Waals surface area contributed by atoms with Gasteiger partial charge < -0.3 is 11.1 Å². The Morgan fingerprint density at radius 1 is 0.947 bits per heavy atom. The SMILES string of the molecule is Nc1ccc(Nc2ncc(-c3ccccc3)s2)cc1. The molecule has 0 bridgehead atoms. The summed E-state index contributed by atoms with van der Waals surface area (Å²) in [7, 11) is 0. The van der Waals surface area contributed by atoms with Crippen molar-refractivity contribution in [2.75, 3.05) is 11.1 Å². The molecule has 0 aliphatic heterocycles. The zero-order chi connectivity index (χ0) is 13.1. The average molecular weight is 267 g/mol. The van der Waals surface area contributed by atoms with E-state index in [2.05, 4.69) is 22.4 Å². The van der Waals surface area contributed by atoms with Crippen LogP contribution in [0, 0.1) is 0 Å². The van der Waals surface area contributed by atoms with Crippen LogP contribution in [0.25, 0.3) is 10.4 Å². The van der Waals surface area contributed by atoms with Crippen LogP contribution in [0.2, 0.25) is 0 Å². The number of anilines is 3. The summed E-state index contributed by atoms with van der Waals surface area (Å²) in [6.45, 7) is 0. The van der Waals surface area contributed by atoms with Gasteiger partial charge in [-0.15, -0.1) is 0 Å². The van der Waals surface area contributed by atoms with Gasteiger partial charge in [-0.3, -0.25) is 0 Å². The number of hydrogen-bond donors (Lipinski definition) is 2. The van der Waals surface area contributed by atoms with E-state index in [-0.39, 0.29) is 0 Å². The number of nitrogens with zero attached hydrogens (tertiary/aromatic N) is 1. The Balaban J connectivity index is 1.80. The number of nitrogens with two attached hydrogens (primary N) is 1. The molecule has 0 radical (unpaired) electrons. The van der Waals surface area contributed by atoms with E-state index in [1.54, 1.807) is 11.3 Å². The maximum absolute atomic E-state index is 5.66. The second-order valence-corrected chi connectivity index (χ2v) is 5.17. The van der Waals surface area contributed by atoms with E-state index in [0.29, 0.717) is 0 Å². The van der Waals surface area contributed by atoms with E-state index in [1.807, 2.05) is 48.7 Å². The highest BCUT2D eigenvalue weighted by Crippen LogP contribution is 2.30. The molecule has 2 aromatic carbocycles. The first-order valence-electron chi connectivity index (χ1n) is 5.95. The lowest BCUT2D eigenvalue weighted by Gasteiger charge is -2.02. The Morgan fingerprint density at radius 3 is 2.42 bits per heavy atom. The predicted octanol–water partition coefficient (Wildman–Crippen LogP) is 4.14. The van der Waals surface area contributed by atoms with Crippen LogP contribution in [-0.2, 0) is 0 Å². The smallest absolute Gasteiger partial charge is 0.187 e. The van der Waals surface area contributed by atoms with Gasteiger partial charge >= 0.3 is 0 Å². The van der Waals surface area contributed by atoms with Gasteiger partial charge in [0.2, 0.25) is 0 Å². The van der Waals surface area contributed by atoms with Crippen molar-refractivity contribution in [1.29, 1.82) is 0 Å². The number of benzene rings is 2. The second-order valence-electron chi connectivity index (χ2n) is 4.14. The molecule has 3 rings (SSSR count). The van der Waals surface area contributed by atoms with Crippen molar-refractivity contribution in [3.8, 4) is 10.4 Å². The third-order valence-corrected chi connectivity index (χ3v) is 3.69. The molecular formula is C15H13N3S. The standard InChI is InChI=1S/C15H13N3S/c16-12-6-8-13(9-7-12)18-15-17-10-14(19-15)11-4-2-1-3-5-11/h1-10H,16H2,(H,17,18). The van der Waals surface area contributed by atoms with Crippen molar-refractivity contribution >= 4 is 27.8 Å². The highest BCUT2D eigenvalue weighted by atomic mass is 32.1. The van der Waals surface area contributed by atoms with Gasteiger partial charge in [-0.25, -0.2) is 4.98 Å². The summed E-state index contributed by atoms with van der Waals surface area (Å²) in [5, 5.41) is 4.15. The molecule has 1 aromatic heterocycles. The van der Waals surface area contributed by atoms with Crippen molar-refractivity contribution < 1.29 is 0 Å². The molecule has 3 aromatic rings. The lowest BCUT2D eigenvalue weighted by atomic mass is 10.2. The fourth-order valence-electron chi connectivity index (χ4n) is 1.76. The average Bonchev–Trinajstić information content (AvgIpc) is 2.91. The Kier molecular flexibility index (Phi) is 3.16. The number of hydrogen-bond acceptors (Lipinski definition) is 4. The number of nitrogen functional groups attached to an aromatic ring is 1. The summed E-state index contributed by atoms with van der Waals surface area (Å²) in [5.74, 6) is 0. The molecule has 0 aliphatic carbocycles. The molecule has 19 heavy (non-hydrogen) atoms. The summed E-state index contributed by atoms with van der Waals surface area (Å²) in [4.78, 5) is 5.54. The van der Waals surface area contributed by atoms with E-state index in [9.17, 15) is 0 Å². The van der Waals surface area contributed by atoms with Gasteiger partial charge in [0.15, 0.2) is 5.13 Å². The van der Waals surface area contributed by atoms with Crippen LogP contribution < -0.4 is 11.1 Å². The molecule has 1 heterocycles. The van der Waals surface area contributed by atoms with E-state index < -0.39 is 0 Å². The molecule has 0 aliphatic rings. The van der Waals surface area contributed by atoms with Crippen LogP contribution >= 0.6 is 11.3 Å². The number of nitrogens with one attached hydrogen (secondary N) is 1. The first kappa shape index (κ1) is 11.7. The zero-order valence-corrected chi connectivity index (χ0v) is 11.0. The summed E-state index contributed by atoms with van der Waals surface area (Å²) >= 11 is 1.63. The molecule has 0 fully saturated rings. The maximum Gasteiger partial charge on any atom is 0.187 e. The van der Waals surface area contributed by atoms with Gasteiger partial charge in [-0.2, -0.15) is 0 Å². The summed E-state index contributed by atoms with van der Waals surface area (Å²) < 4.78 is 0. The molecular weight excluding hydrogens is 254 g/mol. The minimum atomic E-state index is 0.759. The van der Waals surface area contributed by atoms with E-state index in [4.69, 9.17) is 5.73 Å². The van der Waals surface area contributed by atoms with Crippen molar-refractivity contribution in [1.82, 2.24) is 4.98 Å². The Morgan fingerprint density at radius 2 is 1.68 bits per heavy atom. The number of aromatic nitrogens is 1. The van der Waals surface area contributed by atoms with Crippen molar-refractivity contribution in [3.05, 3.63) is 60.8 Å². The van der Waals surface area contributed by atoms with Gasteiger partial charge in [-0.1, -0.05) is 41.7 Å². The van der Waals surface area contributed by atoms with Crippen LogP contribution in [0.4, 0.5) is 16.5 Å². The fraction of sp³-hybridized carbons (Fsp3) is 0. The second kappa shape index (κ2) is 5.12. The molecule has 0 saturated heterocycles. The summed E-state index contributed by atoms with van der Waals surface area (Å²) in [6.07, 6.45) is 1.89. The molecule has 4 heteroatoms. The predicted molar refractivity (Wildman–Crippen MR) is 81.7 cm³/mol. The lowest BCUT2D eigenvalue weighted by molar-refractivity contribution is 1.39. The highest BCUT2D eigenvalue weighted by Gasteiger charge is 2.04. The number of thiazole rings is 1. The monoisotopic (exact) mass is 267 g/mol. The zero-order valence-electron chi connectivity index (χ0n) is 10.2. The van der Waals surface area contributed by atoms with Gasteiger partial charge in [-0.05, 0) is 29.8 Å². The van der Waals surface area contributed by atoms with Gasteiger partial charge in [0.05, 0.1) is 4.88 Å². The van der Waals surface area contributed by atoms with Gasteiger partial charge in [0.25, 0.3) is 0 Å². The largest absolute Gasteiger partial charge is 0.399 e. The maximum atomic E-state index is 5.66. The van der Waals surface area contributed by atoms with E-state index in [1.165, 1.54) is 5.56 Å². The fourth-order valence-corrected chi connectivity index (χ4v) is 2.60. The van der Waals surface area contributed by atoms with E-state index in [0.717, 1.165) is 21.4 Å². The molecule has 0 atom stereocenters. The molecule has 0 amide bonds. The normalized spacial score (nSPS) is 10.3. The molecule has 0 spiro atoms. The summed E-state index contributed by atoms with van der Waals surface area (Å²) in [5.41, 5.74) is 8.59. The molecule has 3 nitrogen and oxygen atoms in total. The first-order valence-corrected chi connectivity index (χ1v) is 6.77. The first-order chi connectivity index (χ1) is 9.31. The van der Waals surface area contributed by atoms with Crippen LogP contribution in [-0.4, -0.2) is 4.98 Å². The van der Waals surface area contributed by atoms with Crippen LogP contribution in [0.15, 0.2) is 60.8 Å². The third kappa shape index (κ3) is 2.74. The summed E-state index contributed by atoms with van der Waals surface area (Å²) in [6, 6.07) is 17.9. The molecule has 0 unspecified atom stereocenters. The van der Waals surface area contributed by atoms with Crippen LogP contribution in [0.1, 0.15) is 0 Å². The highest BCUT2D eigenvalue weighted by molar-refractivity contribution is 7.18. The van der Waals surface area contributed by atoms with Gasteiger partial charge in [0.1, 0.15) is 0 Å². The Labute approximate surface area is 115 Å². The minimum Gasteiger partial charge on any atom is -0.399 e. The quantitative estimate of drug-likeness (QED) is 0.701. The van der Waals surface area contributed by atoms with Crippen molar-refractivity contribution in [2.45, 2.75) is 0 Å². The van der Waals surface area contributed by atoms with Crippen LogP contribution in [0.5, 0.6) is 0 Å². The van der Waals surface area contributed by atoms with Gasteiger partial charge in [0, 0.05) is 17.6 Å².